The molecule has 0 unspecified atom stereocenters. The summed E-state index contributed by atoms with van der Waals surface area (Å²) in [5.41, 5.74) is 1.20. The number of amides is 2. The van der Waals surface area contributed by atoms with Gasteiger partial charge in [0.2, 0.25) is 0 Å². The number of imidazole rings is 1. The van der Waals surface area contributed by atoms with Gasteiger partial charge in [0.05, 0.1) is 12.3 Å². The van der Waals surface area contributed by atoms with Crippen molar-refractivity contribution in [1.29, 1.82) is 0 Å². The monoisotopic (exact) mass is 320 g/mol. The van der Waals surface area contributed by atoms with Crippen LogP contribution in [0.4, 0.5) is 14.9 Å². The third-order valence-corrected chi connectivity index (χ3v) is 3.41. The first-order valence-electron chi connectivity index (χ1n) is 7.41. The lowest BCUT2D eigenvalue weighted by molar-refractivity contribution is 0.185. The Morgan fingerprint density at radius 2 is 2.17 bits per heavy atom. The van der Waals surface area contributed by atoms with Crippen molar-refractivity contribution < 1.29 is 13.9 Å². The van der Waals surface area contributed by atoms with Gasteiger partial charge in [-0.1, -0.05) is 12.1 Å². The van der Waals surface area contributed by atoms with Gasteiger partial charge in [-0.3, -0.25) is 0 Å². The van der Waals surface area contributed by atoms with Crippen LogP contribution in [0.15, 0.2) is 30.5 Å². The van der Waals surface area contributed by atoms with E-state index >= 15 is 0 Å². The molecule has 2 aromatic rings. The largest absolute Gasteiger partial charge is 0.383 e. The summed E-state index contributed by atoms with van der Waals surface area (Å²) in [6.07, 6.45) is 2.38. The molecular weight excluding hydrogens is 299 g/mol. The van der Waals surface area contributed by atoms with Crippen LogP contribution in [0.2, 0.25) is 0 Å². The molecule has 6 nitrogen and oxygen atoms in total. The molecule has 0 saturated carbocycles. The molecule has 23 heavy (non-hydrogen) atoms. The number of carbonyl (C=O) groups excluding carboxylic acids is 1. The van der Waals surface area contributed by atoms with Crippen molar-refractivity contribution in [2.45, 2.75) is 19.9 Å². The van der Waals surface area contributed by atoms with Crippen LogP contribution >= 0.6 is 0 Å². The van der Waals surface area contributed by atoms with E-state index in [1.54, 1.807) is 25.4 Å². The van der Waals surface area contributed by atoms with Crippen LogP contribution in [0.3, 0.4) is 0 Å². The van der Waals surface area contributed by atoms with Crippen LogP contribution in [0, 0.1) is 12.7 Å². The van der Waals surface area contributed by atoms with Gasteiger partial charge in [0, 0.05) is 38.5 Å². The highest BCUT2D eigenvalue weighted by atomic mass is 19.1. The van der Waals surface area contributed by atoms with Gasteiger partial charge >= 0.3 is 6.03 Å². The minimum atomic E-state index is -0.464. The lowest BCUT2D eigenvalue weighted by Crippen LogP contribution is -2.31. The SMILES string of the molecule is COCCn1c(C)cnc1CCNC(=O)Nc1ccccc1F. The Labute approximate surface area is 134 Å². The van der Waals surface area contributed by atoms with E-state index in [1.807, 2.05) is 6.92 Å². The molecule has 0 saturated heterocycles. The second-order valence-electron chi connectivity index (χ2n) is 5.07. The molecule has 0 aliphatic rings. The van der Waals surface area contributed by atoms with Crippen molar-refractivity contribution in [2.24, 2.45) is 0 Å². The van der Waals surface area contributed by atoms with Crippen molar-refractivity contribution in [3.05, 3.63) is 47.8 Å². The van der Waals surface area contributed by atoms with E-state index in [1.165, 1.54) is 12.1 Å². The van der Waals surface area contributed by atoms with Gasteiger partial charge in [0.1, 0.15) is 11.6 Å². The molecule has 1 aromatic carbocycles. The molecule has 0 fully saturated rings. The summed E-state index contributed by atoms with van der Waals surface area (Å²) in [6.45, 7) is 3.71. The van der Waals surface area contributed by atoms with Crippen LogP contribution in [0.25, 0.3) is 0 Å². The molecule has 1 heterocycles. The summed E-state index contributed by atoms with van der Waals surface area (Å²) in [4.78, 5) is 16.1. The Bertz CT molecular complexity index is 657. The number of aromatic nitrogens is 2. The average molecular weight is 320 g/mol. The average Bonchev–Trinajstić information content (AvgIpc) is 2.88. The molecule has 1 aromatic heterocycles. The van der Waals surface area contributed by atoms with Crippen LogP contribution in [-0.4, -0.2) is 35.8 Å². The van der Waals surface area contributed by atoms with E-state index in [2.05, 4.69) is 20.2 Å². The number of aryl methyl sites for hydroxylation is 1. The van der Waals surface area contributed by atoms with Gasteiger partial charge in [0.25, 0.3) is 0 Å². The lowest BCUT2D eigenvalue weighted by Gasteiger charge is -2.11. The third-order valence-electron chi connectivity index (χ3n) is 3.41. The predicted molar refractivity (Wildman–Crippen MR) is 86.0 cm³/mol. The molecule has 2 rings (SSSR count). The Hall–Kier alpha value is -2.41. The van der Waals surface area contributed by atoms with Crippen molar-refractivity contribution in [3.63, 3.8) is 0 Å². The second kappa shape index (κ2) is 8.28. The zero-order valence-electron chi connectivity index (χ0n) is 13.3. The summed E-state index contributed by atoms with van der Waals surface area (Å²) < 4.78 is 20.6. The van der Waals surface area contributed by atoms with Crippen LogP contribution in [0.5, 0.6) is 0 Å². The number of rotatable bonds is 7. The van der Waals surface area contributed by atoms with Crippen LogP contribution in [0.1, 0.15) is 11.5 Å². The summed E-state index contributed by atoms with van der Waals surface area (Å²) in [7, 11) is 1.65. The van der Waals surface area contributed by atoms with Crippen molar-refractivity contribution in [3.8, 4) is 0 Å². The minimum absolute atomic E-state index is 0.155. The lowest BCUT2D eigenvalue weighted by atomic mass is 10.3. The van der Waals surface area contributed by atoms with Crippen molar-refractivity contribution in [1.82, 2.24) is 14.9 Å². The van der Waals surface area contributed by atoms with Crippen molar-refractivity contribution in [2.75, 3.05) is 25.6 Å². The standard InChI is InChI=1S/C16H21FN4O2/c1-12-11-19-15(21(12)9-10-23-2)7-8-18-16(22)20-14-6-4-3-5-13(14)17/h3-6,11H,7-10H2,1-2H3,(H2,18,20,22). The maximum atomic E-state index is 13.4. The fraction of sp³-hybridized carbons (Fsp3) is 0.375. The fourth-order valence-corrected chi connectivity index (χ4v) is 2.22. The number of benzene rings is 1. The maximum Gasteiger partial charge on any atom is 0.319 e. The van der Waals surface area contributed by atoms with Crippen LogP contribution < -0.4 is 10.6 Å². The highest BCUT2D eigenvalue weighted by Gasteiger charge is 2.09. The molecule has 124 valence electrons. The molecule has 2 amide bonds. The first-order valence-corrected chi connectivity index (χ1v) is 7.41. The number of halogens is 1. The van der Waals surface area contributed by atoms with Gasteiger partial charge < -0.3 is 19.9 Å². The molecular formula is C16H21FN4O2. The van der Waals surface area contributed by atoms with Gasteiger partial charge in [-0.05, 0) is 19.1 Å². The number of nitrogens with one attached hydrogen (secondary N) is 2. The number of nitrogens with zero attached hydrogens (tertiary/aromatic N) is 2. The first kappa shape index (κ1) is 17.0. The molecule has 0 bridgehead atoms. The smallest absolute Gasteiger partial charge is 0.319 e. The van der Waals surface area contributed by atoms with E-state index in [-0.39, 0.29) is 5.69 Å². The first-order chi connectivity index (χ1) is 11.1. The molecule has 0 atom stereocenters. The Balaban J connectivity index is 1.83. The Morgan fingerprint density at radius 1 is 1.39 bits per heavy atom. The molecule has 0 radical (unpaired) electrons. The topological polar surface area (TPSA) is 68.2 Å². The normalized spacial score (nSPS) is 10.6. The number of urea groups is 1. The summed E-state index contributed by atoms with van der Waals surface area (Å²) in [6, 6.07) is 5.59. The van der Waals surface area contributed by atoms with E-state index < -0.39 is 11.8 Å². The molecule has 0 aliphatic carbocycles. The van der Waals surface area contributed by atoms with Gasteiger partial charge in [0.15, 0.2) is 0 Å². The number of anilines is 1. The fourth-order valence-electron chi connectivity index (χ4n) is 2.22. The summed E-state index contributed by atoms with van der Waals surface area (Å²) in [5, 5.41) is 5.18. The molecule has 7 heteroatoms. The number of hydrogen-bond acceptors (Lipinski definition) is 3. The third kappa shape index (κ3) is 4.79. The minimum Gasteiger partial charge on any atom is -0.383 e. The zero-order valence-corrected chi connectivity index (χ0v) is 13.3. The molecule has 0 spiro atoms. The van der Waals surface area contributed by atoms with Gasteiger partial charge in [-0.2, -0.15) is 0 Å². The zero-order chi connectivity index (χ0) is 16.7. The van der Waals surface area contributed by atoms with Gasteiger partial charge in [-0.25, -0.2) is 14.2 Å². The van der Waals surface area contributed by atoms with E-state index in [9.17, 15) is 9.18 Å². The molecule has 0 aliphatic heterocycles. The van der Waals surface area contributed by atoms with Gasteiger partial charge in [-0.15, -0.1) is 0 Å². The molecule has 2 N–H and O–H groups in total. The number of para-hydroxylation sites is 1. The second-order valence-corrected chi connectivity index (χ2v) is 5.07. The van der Waals surface area contributed by atoms with Crippen LogP contribution in [-0.2, 0) is 17.7 Å². The summed E-state index contributed by atoms with van der Waals surface area (Å²) >= 11 is 0. The van der Waals surface area contributed by atoms with E-state index in [0.29, 0.717) is 19.6 Å². The Kier molecular flexibility index (Phi) is 6.10. The quantitative estimate of drug-likeness (QED) is 0.823. The summed E-state index contributed by atoms with van der Waals surface area (Å²) in [5.74, 6) is 0.416. The highest BCUT2D eigenvalue weighted by Crippen LogP contribution is 2.11. The number of carbonyl (C=O) groups is 1. The van der Waals surface area contributed by atoms with Crippen molar-refractivity contribution >= 4 is 11.7 Å². The van der Waals surface area contributed by atoms with E-state index in [4.69, 9.17) is 4.74 Å². The highest BCUT2D eigenvalue weighted by molar-refractivity contribution is 5.89. The Morgan fingerprint density at radius 3 is 2.91 bits per heavy atom. The maximum absolute atomic E-state index is 13.4. The number of hydrogen-bond donors (Lipinski definition) is 2. The number of methoxy groups -OCH3 is 1. The number of ether oxygens (including phenoxy) is 1. The predicted octanol–water partition coefficient (Wildman–Crippen LogP) is 2.34. The van der Waals surface area contributed by atoms with E-state index in [0.717, 1.165) is 18.1 Å².